The number of carbonyl (C=O) groups excluding carboxylic acids is 2. The average molecular weight is 369 g/mol. The molecule has 1 amide bonds. The van der Waals surface area contributed by atoms with Crippen LogP contribution in [0.2, 0.25) is 0 Å². The van der Waals surface area contributed by atoms with Crippen molar-refractivity contribution in [3.05, 3.63) is 0 Å². The van der Waals surface area contributed by atoms with Crippen LogP contribution in [0.5, 0.6) is 0 Å². The van der Waals surface area contributed by atoms with Crippen molar-refractivity contribution in [1.29, 1.82) is 0 Å². The maximum absolute atomic E-state index is 12.6. The third-order valence-electron chi connectivity index (χ3n) is 4.85. The first-order valence-electron chi connectivity index (χ1n) is 10.1. The summed E-state index contributed by atoms with van der Waals surface area (Å²) >= 11 is 0. The van der Waals surface area contributed by atoms with E-state index in [2.05, 4.69) is 19.2 Å². The Labute approximate surface area is 158 Å². The number of carbonyl (C=O) groups is 2. The largest absolute Gasteiger partial charge is 0.461 e. The van der Waals surface area contributed by atoms with Gasteiger partial charge in [0.25, 0.3) is 0 Å². The monoisotopic (exact) mass is 368 g/mol. The van der Waals surface area contributed by atoms with Crippen LogP contribution in [0.25, 0.3) is 0 Å². The van der Waals surface area contributed by atoms with E-state index >= 15 is 0 Å². The molecule has 1 N–H and O–H groups in total. The van der Waals surface area contributed by atoms with Gasteiger partial charge in [0.1, 0.15) is 17.7 Å². The standard InChI is InChI=1S/C20H36N2O4/c1-14(2)12-17(18(23)25-16-8-6-7-9-16)21-15-10-11-22(13-15)19(24)26-20(3,4)5/h14-17,21H,6-13H2,1-5H3/t15?,17-/m0/s1. The first-order chi connectivity index (χ1) is 12.1. The van der Waals surface area contributed by atoms with Gasteiger partial charge in [-0.25, -0.2) is 4.79 Å². The van der Waals surface area contributed by atoms with Gasteiger partial charge in [-0.15, -0.1) is 0 Å². The lowest BCUT2D eigenvalue weighted by molar-refractivity contribution is -0.152. The summed E-state index contributed by atoms with van der Waals surface area (Å²) in [6.45, 7) is 11.1. The molecule has 1 saturated carbocycles. The van der Waals surface area contributed by atoms with Gasteiger partial charge in [0.15, 0.2) is 0 Å². The summed E-state index contributed by atoms with van der Waals surface area (Å²) in [5.41, 5.74) is -0.492. The lowest BCUT2D eigenvalue weighted by Crippen LogP contribution is -2.47. The minimum Gasteiger partial charge on any atom is -0.461 e. The molecule has 150 valence electrons. The van der Waals surface area contributed by atoms with Gasteiger partial charge < -0.3 is 14.4 Å². The summed E-state index contributed by atoms with van der Waals surface area (Å²) in [5.74, 6) is 0.258. The van der Waals surface area contributed by atoms with Crippen LogP contribution >= 0.6 is 0 Å². The number of amides is 1. The Morgan fingerprint density at radius 1 is 1.15 bits per heavy atom. The van der Waals surface area contributed by atoms with Crippen LogP contribution in [0.3, 0.4) is 0 Å². The number of ether oxygens (including phenoxy) is 2. The number of esters is 1. The number of rotatable bonds is 6. The molecule has 0 aromatic carbocycles. The quantitative estimate of drug-likeness (QED) is 0.727. The van der Waals surface area contributed by atoms with E-state index in [1.807, 2.05) is 20.8 Å². The Kier molecular flexibility index (Phi) is 7.33. The number of hydrogen-bond donors (Lipinski definition) is 1. The molecule has 6 nitrogen and oxygen atoms in total. The summed E-state index contributed by atoms with van der Waals surface area (Å²) < 4.78 is 11.2. The molecule has 0 spiro atoms. The van der Waals surface area contributed by atoms with Gasteiger partial charge in [-0.2, -0.15) is 0 Å². The highest BCUT2D eigenvalue weighted by atomic mass is 16.6. The molecular weight excluding hydrogens is 332 g/mol. The fraction of sp³-hybridized carbons (Fsp3) is 0.900. The van der Waals surface area contributed by atoms with Gasteiger partial charge in [0.05, 0.1) is 0 Å². The maximum Gasteiger partial charge on any atom is 0.410 e. The molecule has 0 radical (unpaired) electrons. The summed E-state index contributed by atoms with van der Waals surface area (Å²) in [4.78, 5) is 26.6. The Morgan fingerprint density at radius 3 is 2.38 bits per heavy atom. The Morgan fingerprint density at radius 2 is 1.81 bits per heavy atom. The van der Waals surface area contributed by atoms with Gasteiger partial charge in [0.2, 0.25) is 0 Å². The van der Waals surface area contributed by atoms with Crippen LogP contribution in [-0.2, 0) is 14.3 Å². The first kappa shape index (κ1) is 21.0. The SMILES string of the molecule is CC(C)C[C@H](NC1CCN(C(=O)OC(C)(C)C)C1)C(=O)OC1CCCC1. The van der Waals surface area contributed by atoms with Crippen molar-refractivity contribution < 1.29 is 19.1 Å². The third kappa shape index (κ3) is 6.78. The lowest BCUT2D eigenvalue weighted by Gasteiger charge is -2.26. The molecule has 1 aliphatic heterocycles. The Hall–Kier alpha value is -1.30. The van der Waals surface area contributed by atoms with Crippen LogP contribution in [0.15, 0.2) is 0 Å². The van der Waals surface area contributed by atoms with Gasteiger partial charge >= 0.3 is 12.1 Å². The number of likely N-dealkylation sites (tertiary alicyclic amines) is 1. The fourth-order valence-electron chi connectivity index (χ4n) is 3.63. The minimum atomic E-state index is -0.492. The van der Waals surface area contributed by atoms with Crippen LogP contribution < -0.4 is 5.32 Å². The van der Waals surface area contributed by atoms with Gasteiger partial charge in [-0.3, -0.25) is 10.1 Å². The number of nitrogens with one attached hydrogen (secondary N) is 1. The molecule has 2 rings (SSSR count). The summed E-state index contributed by atoms with van der Waals surface area (Å²) in [6.07, 6.45) is 5.63. The molecule has 0 bridgehead atoms. The second-order valence-electron chi connectivity index (χ2n) is 9.10. The molecule has 2 fully saturated rings. The molecule has 26 heavy (non-hydrogen) atoms. The molecular formula is C20H36N2O4. The van der Waals surface area contributed by atoms with E-state index in [0.29, 0.717) is 19.0 Å². The second kappa shape index (κ2) is 9.07. The molecule has 1 unspecified atom stereocenters. The Balaban J connectivity index is 1.87. The van der Waals surface area contributed by atoms with Gasteiger partial charge in [-0.1, -0.05) is 13.8 Å². The van der Waals surface area contributed by atoms with E-state index in [1.54, 1.807) is 4.90 Å². The van der Waals surface area contributed by atoms with Crippen molar-refractivity contribution >= 4 is 12.1 Å². The normalized spacial score (nSPS) is 22.7. The summed E-state index contributed by atoms with van der Waals surface area (Å²) in [5, 5.41) is 3.44. The minimum absolute atomic E-state index is 0.0841. The zero-order chi connectivity index (χ0) is 19.3. The van der Waals surface area contributed by atoms with Crippen molar-refractivity contribution in [3.8, 4) is 0 Å². The molecule has 2 atom stereocenters. The van der Waals surface area contributed by atoms with Crippen LogP contribution in [0, 0.1) is 5.92 Å². The topological polar surface area (TPSA) is 67.9 Å². The molecule has 1 aliphatic carbocycles. The molecule has 0 aromatic heterocycles. The molecule has 0 aromatic rings. The van der Waals surface area contributed by atoms with Crippen molar-refractivity contribution in [3.63, 3.8) is 0 Å². The highest BCUT2D eigenvalue weighted by Gasteiger charge is 2.33. The second-order valence-corrected chi connectivity index (χ2v) is 9.10. The van der Waals surface area contributed by atoms with E-state index in [4.69, 9.17) is 9.47 Å². The zero-order valence-electron chi connectivity index (χ0n) is 17.0. The third-order valence-corrected chi connectivity index (χ3v) is 4.85. The summed E-state index contributed by atoms with van der Waals surface area (Å²) in [7, 11) is 0. The van der Waals surface area contributed by atoms with Crippen molar-refractivity contribution in [2.45, 2.75) is 96.9 Å². The summed E-state index contributed by atoms with van der Waals surface area (Å²) in [6, 6.07) is -0.207. The maximum atomic E-state index is 12.6. The van der Waals surface area contributed by atoms with E-state index in [9.17, 15) is 9.59 Å². The average Bonchev–Trinajstić information content (AvgIpc) is 3.15. The van der Waals surface area contributed by atoms with E-state index in [-0.39, 0.29) is 30.3 Å². The molecule has 1 heterocycles. The lowest BCUT2D eigenvalue weighted by atomic mass is 10.0. The first-order valence-corrected chi connectivity index (χ1v) is 10.1. The predicted octanol–water partition coefficient (Wildman–Crippen LogP) is 3.49. The Bertz CT molecular complexity index is 481. The van der Waals surface area contributed by atoms with Gasteiger partial charge in [0, 0.05) is 19.1 Å². The van der Waals surface area contributed by atoms with Crippen molar-refractivity contribution in [2.24, 2.45) is 5.92 Å². The van der Waals surface area contributed by atoms with Crippen molar-refractivity contribution in [2.75, 3.05) is 13.1 Å². The number of hydrogen-bond acceptors (Lipinski definition) is 5. The fourth-order valence-corrected chi connectivity index (χ4v) is 3.63. The highest BCUT2D eigenvalue weighted by Crippen LogP contribution is 2.23. The zero-order valence-corrected chi connectivity index (χ0v) is 17.0. The van der Waals surface area contributed by atoms with Crippen molar-refractivity contribution in [1.82, 2.24) is 10.2 Å². The van der Waals surface area contributed by atoms with Gasteiger partial charge in [-0.05, 0) is 65.2 Å². The molecule has 6 heteroatoms. The van der Waals surface area contributed by atoms with Crippen LogP contribution in [-0.4, -0.2) is 53.8 Å². The number of nitrogens with zero attached hydrogens (tertiary/aromatic N) is 1. The predicted molar refractivity (Wildman–Crippen MR) is 101 cm³/mol. The molecule has 2 aliphatic rings. The smallest absolute Gasteiger partial charge is 0.410 e. The van der Waals surface area contributed by atoms with Crippen LogP contribution in [0.4, 0.5) is 4.79 Å². The molecule has 1 saturated heterocycles. The van der Waals surface area contributed by atoms with E-state index in [1.165, 1.54) is 0 Å². The van der Waals surface area contributed by atoms with Crippen LogP contribution in [0.1, 0.15) is 73.1 Å². The highest BCUT2D eigenvalue weighted by molar-refractivity contribution is 5.76. The van der Waals surface area contributed by atoms with E-state index in [0.717, 1.165) is 38.5 Å². The van der Waals surface area contributed by atoms with E-state index < -0.39 is 5.60 Å².